The summed E-state index contributed by atoms with van der Waals surface area (Å²) >= 11 is 0. The fourth-order valence-corrected chi connectivity index (χ4v) is 2.53. The van der Waals surface area contributed by atoms with Crippen molar-refractivity contribution in [3.05, 3.63) is 48.0 Å². The average Bonchev–Trinajstić information content (AvgIpc) is 3.09. The molecule has 0 aromatic carbocycles. The Hall–Kier alpha value is -2.01. The quantitative estimate of drug-likeness (QED) is 0.890. The summed E-state index contributed by atoms with van der Waals surface area (Å²) in [5, 5.41) is 0. The second-order valence-electron chi connectivity index (χ2n) is 4.72. The molecular weight excluding hydrogens is 242 g/mol. The largest absolute Gasteiger partial charge is 0.377 e. The molecule has 1 amide bonds. The van der Waals surface area contributed by atoms with Gasteiger partial charge in [-0.2, -0.15) is 0 Å². The van der Waals surface area contributed by atoms with Gasteiger partial charge in [-0.3, -0.25) is 4.79 Å². The Balaban J connectivity index is 1.90. The third kappa shape index (κ3) is 2.17. The van der Waals surface area contributed by atoms with Gasteiger partial charge in [-0.1, -0.05) is 0 Å². The first-order valence-electron chi connectivity index (χ1n) is 6.40. The molecule has 0 aliphatic carbocycles. The molecule has 1 N–H and O–H groups in total. The van der Waals surface area contributed by atoms with Crippen molar-refractivity contribution in [1.29, 1.82) is 0 Å². The van der Waals surface area contributed by atoms with E-state index in [-0.39, 0.29) is 11.9 Å². The number of nitrogens with zero attached hydrogens (tertiary/aromatic N) is 2. The van der Waals surface area contributed by atoms with Gasteiger partial charge in [-0.15, -0.1) is 0 Å². The highest BCUT2D eigenvalue weighted by Crippen LogP contribution is 2.25. The molecule has 19 heavy (non-hydrogen) atoms. The van der Waals surface area contributed by atoms with E-state index >= 15 is 0 Å². The summed E-state index contributed by atoms with van der Waals surface area (Å²) in [5.74, 6) is 0.0273. The number of morpholine rings is 1. The first-order chi connectivity index (χ1) is 9.27. The van der Waals surface area contributed by atoms with Crippen LogP contribution in [0.4, 0.5) is 0 Å². The molecule has 3 rings (SSSR count). The van der Waals surface area contributed by atoms with Crippen LogP contribution in [-0.4, -0.2) is 40.1 Å². The van der Waals surface area contributed by atoms with Gasteiger partial charge in [0.1, 0.15) is 5.69 Å². The Morgan fingerprint density at radius 1 is 1.42 bits per heavy atom. The number of hydrogen-bond donors (Lipinski definition) is 1. The Morgan fingerprint density at radius 3 is 3.00 bits per heavy atom. The van der Waals surface area contributed by atoms with Gasteiger partial charge in [0.25, 0.3) is 5.91 Å². The number of aromatic nitrogens is 2. The van der Waals surface area contributed by atoms with Gasteiger partial charge in [0.2, 0.25) is 0 Å². The zero-order valence-electron chi connectivity index (χ0n) is 10.9. The molecule has 0 saturated carbocycles. The van der Waals surface area contributed by atoms with Crippen LogP contribution < -0.4 is 0 Å². The van der Waals surface area contributed by atoms with Crippen LogP contribution in [0.2, 0.25) is 0 Å². The standard InChI is InChI=1S/C14H17N3O2/c1-16-7-3-5-12(16)13-10-19-9-8-17(13)14(18)11-4-2-6-15-11/h2-7,13,15H,8-10H2,1H3/t13-/m1/s1. The van der Waals surface area contributed by atoms with Gasteiger partial charge in [0, 0.05) is 31.7 Å². The van der Waals surface area contributed by atoms with Crippen LogP contribution in [-0.2, 0) is 11.8 Å². The molecular formula is C14H17N3O2. The molecule has 3 heterocycles. The lowest BCUT2D eigenvalue weighted by Gasteiger charge is -2.35. The van der Waals surface area contributed by atoms with E-state index in [4.69, 9.17) is 4.74 Å². The number of aromatic amines is 1. The lowest BCUT2D eigenvalue weighted by Crippen LogP contribution is -2.44. The Kier molecular flexibility index (Phi) is 3.13. The molecule has 0 spiro atoms. The first kappa shape index (κ1) is 12.0. The van der Waals surface area contributed by atoms with Crippen molar-refractivity contribution in [1.82, 2.24) is 14.5 Å². The summed E-state index contributed by atoms with van der Waals surface area (Å²) in [5.41, 5.74) is 1.72. The second-order valence-corrected chi connectivity index (χ2v) is 4.72. The van der Waals surface area contributed by atoms with Crippen molar-refractivity contribution in [3.8, 4) is 0 Å². The lowest BCUT2D eigenvalue weighted by atomic mass is 10.1. The van der Waals surface area contributed by atoms with Crippen LogP contribution in [0.25, 0.3) is 0 Å². The zero-order chi connectivity index (χ0) is 13.2. The van der Waals surface area contributed by atoms with Crippen molar-refractivity contribution in [2.45, 2.75) is 6.04 Å². The van der Waals surface area contributed by atoms with E-state index in [0.717, 1.165) is 5.69 Å². The van der Waals surface area contributed by atoms with E-state index in [1.54, 1.807) is 12.3 Å². The number of H-pyrrole nitrogens is 1. The minimum absolute atomic E-state index is 0.0236. The first-order valence-corrected chi connectivity index (χ1v) is 6.40. The summed E-state index contributed by atoms with van der Waals surface area (Å²) in [7, 11) is 1.99. The van der Waals surface area contributed by atoms with E-state index < -0.39 is 0 Å². The number of aryl methyl sites for hydroxylation is 1. The number of nitrogens with one attached hydrogen (secondary N) is 1. The number of ether oxygens (including phenoxy) is 1. The minimum Gasteiger partial charge on any atom is -0.377 e. The molecule has 2 aromatic heterocycles. The average molecular weight is 259 g/mol. The van der Waals surface area contributed by atoms with Crippen molar-refractivity contribution < 1.29 is 9.53 Å². The van der Waals surface area contributed by atoms with Crippen LogP contribution in [0.1, 0.15) is 22.2 Å². The summed E-state index contributed by atoms with van der Waals surface area (Å²) in [6.07, 6.45) is 3.76. The molecule has 1 atom stereocenters. The summed E-state index contributed by atoms with van der Waals surface area (Å²) in [6, 6.07) is 7.64. The highest BCUT2D eigenvalue weighted by Gasteiger charge is 2.30. The molecule has 5 heteroatoms. The van der Waals surface area contributed by atoms with Crippen molar-refractivity contribution in [2.24, 2.45) is 7.05 Å². The fraction of sp³-hybridized carbons (Fsp3) is 0.357. The van der Waals surface area contributed by atoms with E-state index in [2.05, 4.69) is 4.98 Å². The Bertz CT molecular complexity index is 559. The van der Waals surface area contributed by atoms with Crippen molar-refractivity contribution in [3.63, 3.8) is 0 Å². The predicted molar refractivity (Wildman–Crippen MR) is 70.8 cm³/mol. The summed E-state index contributed by atoms with van der Waals surface area (Å²) in [4.78, 5) is 17.4. The predicted octanol–water partition coefficient (Wildman–Crippen LogP) is 1.57. The zero-order valence-corrected chi connectivity index (χ0v) is 10.9. The maximum Gasteiger partial charge on any atom is 0.270 e. The van der Waals surface area contributed by atoms with E-state index in [1.165, 1.54) is 0 Å². The van der Waals surface area contributed by atoms with E-state index in [0.29, 0.717) is 25.5 Å². The van der Waals surface area contributed by atoms with Gasteiger partial charge >= 0.3 is 0 Å². The number of hydrogen-bond acceptors (Lipinski definition) is 2. The summed E-state index contributed by atoms with van der Waals surface area (Å²) < 4.78 is 7.58. The number of amides is 1. The molecule has 1 aliphatic heterocycles. The molecule has 100 valence electrons. The molecule has 1 fully saturated rings. The van der Waals surface area contributed by atoms with Crippen molar-refractivity contribution in [2.75, 3.05) is 19.8 Å². The third-order valence-corrected chi connectivity index (χ3v) is 3.54. The Labute approximate surface area is 111 Å². The third-order valence-electron chi connectivity index (χ3n) is 3.54. The van der Waals surface area contributed by atoms with Crippen molar-refractivity contribution >= 4 is 5.91 Å². The monoisotopic (exact) mass is 259 g/mol. The molecule has 2 aromatic rings. The molecule has 0 unspecified atom stereocenters. The molecule has 0 bridgehead atoms. The summed E-state index contributed by atoms with van der Waals surface area (Å²) in [6.45, 7) is 1.76. The van der Waals surface area contributed by atoms with Gasteiger partial charge in [0.05, 0.1) is 19.3 Å². The van der Waals surface area contributed by atoms with Crippen LogP contribution in [0, 0.1) is 0 Å². The molecule has 0 radical (unpaired) electrons. The molecule has 1 aliphatic rings. The SMILES string of the molecule is Cn1cccc1[C@H]1COCCN1C(=O)c1ccc[nH]1. The maximum atomic E-state index is 12.5. The van der Waals surface area contributed by atoms with Crippen LogP contribution in [0.5, 0.6) is 0 Å². The van der Waals surface area contributed by atoms with Gasteiger partial charge in [0.15, 0.2) is 0 Å². The second kappa shape index (κ2) is 4.93. The maximum absolute atomic E-state index is 12.5. The van der Waals surface area contributed by atoms with Crippen LogP contribution in [0.3, 0.4) is 0 Å². The number of carbonyl (C=O) groups is 1. The van der Waals surface area contributed by atoms with Gasteiger partial charge in [-0.25, -0.2) is 0 Å². The highest BCUT2D eigenvalue weighted by atomic mass is 16.5. The normalized spacial score (nSPS) is 19.6. The number of carbonyl (C=O) groups excluding carboxylic acids is 1. The van der Waals surface area contributed by atoms with E-state index in [1.807, 2.05) is 40.9 Å². The van der Waals surface area contributed by atoms with Crippen LogP contribution in [0.15, 0.2) is 36.7 Å². The van der Waals surface area contributed by atoms with Gasteiger partial charge < -0.3 is 19.2 Å². The van der Waals surface area contributed by atoms with Crippen LogP contribution >= 0.6 is 0 Å². The molecule has 5 nitrogen and oxygen atoms in total. The lowest BCUT2D eigenvalue weighted by molar-refractivity contribution is -0.00490. The van der Waals surface area contributed by atoms with Gasteiger partial charge in [-0.05, 0) is 24.3 Å². The highest BCUT2D eigenvalue weighted by molar-refractivity contribution is 5.92. The number of rotatable bonds is 2. The fourth-order valence-electron chi connectivity index (χ4n) is 2.53. The topological polar surface area (TPSA) is 50.3 Å². The molecule has 1 saturated heterocycles. The van der Waals surface area contributed by atoms with E-state index in [9.17, 15) is 4.79 Å². The Morgan fingerprint density at radius 2 is 2.32 bits per heavy atom. The smallest absolute Gasteiger partial charge is 0.270 e. The minimum atomic E-state index is -0.0236.